The number of ether oxygens (including phenoxy) is 6. The fourth-order valence-electron chi connectivity index (χ4n) is 10.7. The van der Waals surface area contributed by atoms with Gasteiger partial charge in [0.1, 0.15) is 29.9 Å². The standard InChI is InChI=1S/C57H61N3O12S/c1-2-29-69-57-53(59(36-40-19-25-51-52(32-40)68-38-67-51)56(63)71-43-22-20-42(21-23-43)60(64)65)35-49(58-70-37-39-13-5-3-6-14-39)47-33-41(15-9-11-27-61)46(18-10-12-28-62)54(55(47)57)48-34-44(24-26-50(48)72-57)66-30-31-73-45-16-7-4-8-17-45/h2-8,13-14,16-17,19-26,32-34,41,46,53-55,61-62H,1,9-12,15,18,27-31,35-38H2/t41-,46+,53-,54+,55+,57+/m0/s1. The van der Waals surface area contributed by atoms with E-state index in [0.29, 0.717) is 53.7 Å². The Kier molecular flexibility index (Phi) is 17.0. The summed E-state index contributed by atoms with van der Waals surface area (Å²) in [6.07, 6.45) is 7.57. The average molecular weight is 1010 g/mol. The third kappa shape index (κ3) is 11.8. The molecule has 1 fully saturated rings. The van der Waals surface area contributed by atoms with E-state index in [1.165, 1.54) is 24.3 Å². The Hall–Kier alpha value is -6.85. The maximum Gasteiger partial charge on any atom is 0.416 e. The lowest BCUT2D eigenvalue weighted by Gasteiger charge is -2.59. The molecule has 9 rings (SSSR count). The van der Waals surface area contributed by atoms with E-state index in [1.807, 2.05) is 72.8 Å². The molecule has 2 aliphatic carbocycles. The highest BCUT2D eigenvalue weighted by molar-refractivity contribution is 7.99. The summed E-state index contributed by atoms with van der Waals surface area (Å²) in [7, 11) is 0. The molecule has 5 aromatic carbocycles. The third-order valence-electron chi connectivity index (χ3n) is 13.9. The molecule has 1 saturated carbocycles. The van der Waals surface area contributed by atoms with E-state index in [1.54, 1.807) is 28.8 Å². The van der Waals surface area contributed by atoms with Crippen molar-refractivity contribution in [2.45, 2.75) is 80.7 Å². The van der Waals surface area contributed by atoms with Crippen molar-refractivity contribution in [2.24, 2.45) is 22.9 Å². The van der Waals surface area contributed by atoms with Gasteiger partial charge in [0.25, 0.3) is 5.69 Å². The molecule has 2 heterocycles. The van der Waals surface area contributed by atoms with E-state index >= 15 is 4.79 Å². The molecule has 1 amide bonds. The van der Waals surface area contributed by atoms with Crippen LogP contribution in [0.2, 0.25) is 0 Å². The summed E-state index contributed by atoms with van der Waals surface area (Å²) in [5, 5.41) is 36.8. The van der Waals surface area contributed by atoms with Crippen LogP contribution in [-0.2, 0) is 22.7 Å². The van der Waals surface area contributed by atoms with Gasteiger partial charge in [0.15, 0.2) is 11.5 Å². The van der Waals surface area contributed by atoms with Crippen molar-refractivity contribution < 1.29 is 53.2 Å². The number of nitro benzene ring substituents is 1. The number of fused-ring (bicyclic) bond motifs is 3. The summed E-state index contributed by atoms with van der Waals surface area (Å²) in [4.78, 5) is 35.4. The molecule has 0 radical (unpaired) electrons. The average Bonchev–Trinajstić information content (AvgIpc) is 3.89. The van der Waals surface area contributed by atoms with E-state index in [9.17, 15) is 20.3 Å². The number of unbranched alkanes of at least 4 members (excludes halogenated alkanes) is 2. The Morgan fingerprint density at radius 2 is 1.59 bits per heavy atom. The fraction of sp³-hybridized carbons (Fsp3) is 0.368. The van der Waals surface area contributed by atoms with Gasteiger partial charge < -0.3 is 43.5 Å². The highest BCUT2D eigenvalue weighted by Gasteiger charge is 2.66. The molecule has 5 aromatic rings. The molecule has 2 aliphatic heterocycles. The van der Waals surface area contributed by atoms with Crippen molar-refractivity contribution in [3.63, 3.8) is 0 Å². The van der Waals surface area contributed by atoms with Crippen molar-refractivity contribution in [2.75, 3.05) is 39.0 Å². The van der Waals surface area contributed by atoms with Gasteiger partial charge in [0.05, 0.1) is 29.8 Å². The zero-order valence-corrected chi connectivity index (χ0v) is 41.4. The second kappa shape index (κ2) is 24.2. The van der Waals surface area contributed by atoms with Gasteiger partial charge >= 0.3 is 6.09 Å². The predicted octanol–water partition coefficient (Wildman–Crippen LogP) is 11.0. The number of non-ortho nitro benzene ring substituents is 1. The molecule has 4 aliphatic rings. The van der Waals surface area contributed by atoms with Crippen molar-refractivity contribution in [3.8, 4) is 28.7 Å². The number of aliphatic hydroxyl groups excluding tert-OH is 2. The zero-order valence-electron chi connectivity index (χ0n) is 40.6. The second-order valence-electron chi connectivity index (χ2n) is 18.5. The lowest BCUT2D eigenvalue weighted by atomic mass is 9.55. The Morgan fingerprint density at radius 3 is 2.34 bits per heavy atom. The highest BCUT2D eigenvalue weighted by Crippen LogP contribution is 2.62. The number of rotatable bonds is 24. The summed E-state index contributed by atoms with van der Waals surface area (Å²) in [6, 6.07) is 35.7. The van der Waals surface area contributed by atoms with Crippen LogP contribution in [0.15, 0.2) is 156 Å². The number of benzene rings is 5. The molecule has 2 N–H and O–H groups in total. The minimum atomic E-state index is -1.61. The molecule has 0 saturated heterocycles. The second-order valence-corrected chi connectivity index (χ2v) is 19.6. The first-order valence-electron chi connectivity index (χ1n) is 24.9. The van der Waals surface area contributed by atoms with Crippen LogP contribution in [0.3, 0.4) is 0 Å². The minimum absolute atomic E-state index is 0.00380. The van der Waals surface area contributed by atoms with E-state index in [-0.39, 0.29) is 75.4 Å². The molecule has 6 atom stereocenters. The number of nitro groups is 1. The van der Waals surface area contributed by atoms with E-state index in [4.69, 9.17) is 38.4 Å². The highest BCUT2D eigenvalue weighted by atomic mass is 32.2. The van der Waals surface area contributed by atoms with Crippen LogP contribution in [0, 0.1) is 27.9 Å². The molecule has 0 bridgehead atoms. The summed E-state index contributed by atoms with van der Waals surface area (Å²) < 4.78 is 38.8. The maximum absolute atomic E-state index is 15.3. The quantitative estimate of drug-likeness (QED) is 0.0196. The number of aliphatic hydroxyl groups is 2. The smallest absolute Gasteiger partial charge is 0.416 e. The lowest BCUT2D eigenvalue weighted by Crippen LogP contribution is -2.70. The molecular weight excluding hydrogens is 951 g/mol. The first-order chi connectivity index (χ1) is 35.8. The number of amides is 1. The molecule has 16 heteroatoms. The number of allylic oxidation sites excluding steroid dienone is 1. The van der Waals surface area contributed by atoms with Gasteiger partial charge in [-0.1, -0.05) is 84.7 Å². The SMILES string of the molecule is C=CCO[C@@]12Oc3ccc(OCCSc4ccccc4)cc3[C@H]3[C@H](CCCCO)[C@@H](CCCCO)C=C(C(=NOCc4ccccc4)C[C@@H]1N(Cc1ccc4c(c1)OCO4)C(=O)Oc1ccc([N+](=O)[O-])cc1)[C@H]32. The Morgan fingerprint density at radius 1 is 0.863 bits per heavy atom. The number of hydrogen-bond acceptors (Lipinski definition) is 14. The monoisotopic (exact) mass is 1010 g/mol. The summed E-state index contributed by atoms with van der Waals surface area (Å²) in [5.74, 6) is 0.608. The van der Waals surface area contributed by atoms with Crippen LogP contribution in [0.1, 0.15) is 67.6 Å². The first kappa shape index (κ1) is 51.1. The predicted molar refractivity (Wildman–Crippen MR) is 276 cm³/mol. The minimum Gasteiger partial charge on any atom is -0.493 e. The van der Waals surface area contributed by atoms with Crippen molar-refractivity contribution in [1.29, 1.82) is 0 Å². The number of nitrogens with zero attached hydrogens (tertiary/aromatic N) is 3. The van der Waals surface area contributed by atoms with Crippen LogP contribution >= 0.6 is 11.8 Å². The van der Waals surface area contributed by atoms with Gasteiger partial charge in [-0.05, 0) is 109 Å². The van der Waals surface area contributed by atoms with Crippen molar-refractivity contribution in [3.05, 3.63) is 172 Å². The molecule has 0 spiro atoms. The fourth-order valence-corrected chi connectivity index (χ4v) is 11.4. The van der Waals surface area contributed by atoms with Crippen LogP contribution in [-0.4, -0.2) is 82.6 Å². The maximum atomic E-state index is 15.3. The third-order valence-corrected chi connectivity index (χ3v) is 14.9. The number of carbonyl (C=O) groups is 1. The molecule has 0 unspecified atom stereocenters. The van der Waals surface area contributed by atoms with Crippen LogP contribution < -0.4 is 23.7 Å². The first-order valence-corrected chi connectivity index (χ1v) is 25.9. The van der Waals surface area contributed by atoms with E-state index < -0.39 is 28.8 Å². The van der Waals surface area contributed by atoms with Crippen molar-refractivity contribution in [1.82, 2.24) is 4.90 Å². The molecule has 0 aromatic heterocycles. The summed E-state index contributed by atoms with van der Waals surface area (Å²) >= 11 is 1.72. The van der Waals surface area contributed by atoms with E-state index in [2.05, 4.69) is 30.9 Å². The molecule has 15 nitrogen and oxygen atoms in total. The van der Waals surface area contributed by atoms with Gasteiger partial charge in [-0.25, -0.2) is 4.79 Å². The van der Waals surface area contributed by atoms with Crippen LogP contribution in [0.5, 0.6) is 28.7 Å². The Balaban J connectivity index is 1.20. The molecule has 382 valence electrons. The summed E-state index contributed by atoms with van der Waals surface area (Å²) in [6.45, 7) is 4.91. The van der Waals surface area contributed by atoms with Gasteiger partial charge in [-0.3, -0.25) is 15.0 Å². The topological polar surface area (TPSA) is 181 Å². The van der Waals surface area contributed by atoms with Gasteiger partial charge in [0, 0.05) is 60.4 Å². The van der Waals surface area contributed by atoms with E-state index in [0.717, 1.165) is 53.0 Å². The molecule has 73 heavy (non-hydrogen) atoms. The normalized spacial score (nSPS) is 21.8. The number of carbonyl (C=O) groups excluding carboxylic acids is 1. The summed E-state index contributed by atoms with van der Waals surface area (Å²) in [5.41, 5.74) is 3.85. The van der Waals surface area contributed by atoms with Crippen molar-refractivity contribution >= 4 is 29.3 Å². The number of oxime groups is 1. The lowest BCUT2D eigenvalue weighted by molar-refractivity contribution is -0.384. The van der Waals surface area contributed by atoms with Crippen LogP contribution in [0.25, 0.3) is 0 Å². The number of thioether (sulfide) groups is 1. The number of hydrogen-bond donors (Lipinski definition) is 2. The Labute approximate surface area is 429 Å². The van der Waals surface area contributed by atoms with Gasteiger partial charge in [-0.15, -0.1) is 18.3 Å². The molecular formula is C57H61N3O12S. The van der Waals surface area contributed by atoms with Gasteiger partial charge in [0.2, 0.25) is 12.6 Å². The largest absolute Gasteiger partial charge is 0.493 e. The zero-order chi connectivity index (χ0) is 50.6. The van der Waals surface area contributed by atoms with Gasteiger partial charge in [-0.2, -0.15) is 0 Å². The van der Waals surface area contributed by atoms with Crippen LogP contribution in [0.4, 0.5) is 10.5 Å². The Bertz CT molecular complexity index is 2740.